The van der Waals surface area contributed by atoms with Gasteiger partial charge in [0.1, 0.15) is 11.4 Å². The second kappa shape index (κ2) is 8.85. The monoisotopic (exact) mass is 465 g/mol. The number of alkyl halides is 3. The number of nitrogens with zero attached hydrogens (tertiary/aromatic N) is 3. The molecule has 0 bridgehead atoms. The number of ether oxygens (including phenoxy) is 1. The molecule has 0 aliphatic heterocycles. The predicted molar refractivity (Wildman–Crippen MR) is 114 cm³/mol. The second-order valence-corrected chi connectivity index (χ2v) is 9.39. The van der Waals surface area contributed by atoms with Crippen molar-refractivity contribution in [2.45, 2.75) is 43.5 Å². The van der Waals surface area contributed by atoms with E-state index in [1.54, 1.807) is 13.0 Å². The summed E-state index contributed by atoms with van der Waals surface area (Å²) in [6.45, 7) is 7.19. The average Bonchev–Trinajstić information content (AvgIpc) is 3.09. The molecule has 170 valence electrons. The number of hydrogen-bond donors (Lipinski definition) is 1. The van der Waals surface area contributed by atoms with Crippen molar-refractivity contribution in [3.63, 3.8) is 0 Å². The van der Waals surface area contributed by atoms with Gasteiger partial charge in [0.15, 0.2) is 6.61 Å². The van der Waals surface area contributed by atoms with Crippen LogP contribution in [0.2, 0.25) is 0 Å². The van der Waals surface area contributed by atoms with Gasteiger partial charge < -0.3 is 9.84 Å². The van der Waals surface area contributed by atoms with Crippen LogP contribution in [0.15, 0.2) is 47.4 Å². The Morgan fingerprint density at radius 1 is 1.09 bits per heavy atom. The first-order chi connectivity index (χ1) is 14.9. The van der Waals surface area contributed by atoms with E-state index >= 15 is 0 Å². The Bertz CT molecular complexity index is 1130. The summed E-state index contributed by atoms with van der Waals surface area (Å²) in [4.78, 5) is 13.0. The minimum atomic E-state index is -4.40. The molecule has 0 saturated carbocycles. The molecule has 3 rings (SSSR count). The number of aliphatic carboxylic acids is 1. The van der Waals surface area contributed by atoms with E-state index in [9.17, 15) is 18.0 Å². The Labute approximate surface area is 187 Å². The lowest BCUT2D eigenvalue weighted by molar-refractivity contribution is -0.139. The van der Waals surface area contributed by atoms with Gasteiger partial charge in [-0.15, -0.1) is 11.8 Å². The topological polar surface area (TPSA) is 77.2 Å². The van der Waals surface area contributed by atoms with Crippen molar-refractivity contribution in [3.8, 4) is 11.4 Å². The number of carbonyl (C=O) groups is 1. The lowest BCUT2D eigenvalue weighted by Crippen LogP contribution is -2.15. The van der Waals surface area contributed by atoms with Crippen LogP contribution in [-0.2, 0) is 15.7 Å². The van der Waals surface area contributed by atoms with Gasteiger partial charge in [0, 0.05) is 4.90 Å². The van der Waals surface area contributed by atoms with E-state index in [1.165, 1.54) is 28.7 Å². The number of aryl methyl sites for hydroxylation is 2. The fourth-order valence-corrected chi connectivity index (χ4v) is 4.41. The number of carboxylic acid groups (broad SMARTS) is 1. The molecule has 6 nitrogen and oxygen atoms in total. The van der Waals surface area contributed by atoms with Crippen LogP contribution in [0.1, 0.15) is 36.4 Å². The van der Waals surface area contributed by atoms with Gasteiger partial charge in [0.05, 0.1) is 21.7 Å². The lowest BCUT2D eigenvalue weighted by Gasteiger charge is -2.22. The van der Waals surface area contributed by atoms with Crippen LogP contribution < -0.4 is 4.74 Å². The molecule has 0 fully saturated rings. The molecule has 0 saturated heterocycles. The normalized spacial score (nSPS) is 12.1. The molecule has 0 atom stereocenters. The van der Waals surface area contributed by atoms with Crippen molar-refractivity contribution >= 4 is 17.7 Å². The van der Waals surface area contributed by atoms with Crippen LogP contribution in [0, 0.1) is 13.8 Å². The summed E-state index contributed by atoms with van der Waals surface area (Å²) in [7, 11) is 0. The van der Waals surface area contributed by atoms with Gasteiger partial charge in [0.25, 0.3) is 0 Å². The number of rotatable bonds is 7. The highest BCUT2D eigenvalue weighted by atomic mass is 32.2. The van der Waals surface area contributed by atoms with Crippen molar-refractivity contribution in [3.05, 3.63) is 65.0 Å². The van der Waals surface area contributed by atoms with Gasteiger partial charge in [-0.3, -0.25) is 0 Å². The van der Waals surface area contributed by atoms with Gasteiger partial charge in [-0.1, -0.05) is 0 Å². The van der Waals surface area contributed by atoms with E-state index < -0.39 is 29.1 Å². The van der Waals surface area contributed by atoms with Crippen molar-refractivity contribution in [2.24, 2.45) is 0 Å². The molecule has 1 heterocycles. The molecule has 1 aromatic heterocycles. The summed E-state index contributed by atoms with van der Waals surface area (Å²) in [5.74, 6) is -0.547. The van der Waals surface area contributed by atoms with Crippen LogP contribution in [0.4, 0.5) is 13.2 Å². The summed E-state index contributed by atoms with van der Waals surface area (Å²) < 4.78 is 43.2. The first-order valence-corrected chi connectivity index (χ1v) is 10.4. The average molecular weight is 465 g/mol. The molecule has 2 aromatic carbocycles. The second-order valence-electron chi connectivity index (χ2n) is 7.69. The summed E-state index contributed by atoms with van der Waals surface area (Å²) >= 11 is 1.54. The fraction of sp³-hybridized carbons (Fsp3) is 0.318. The van der Waals surface area contributed by atoms with E-state index in [4.69, 9.17) is 9.84 Å². The van der Waals surface area contributed by atoms with Crippen molar-refractivity contribution in [1.29, 1.82) is 0 Å². The summed E-state index contributed by atoms with van der Waals surface area (Å²) in [6, 6.07) is 10.2. The molecule has 32 heavy (non-hydrogen) atoms. The van der Waals surface area contributed by atoms with Gasteiger partial charge in [0.2, 0.25) is 0 Å². The first-order valence-electron chi connectivity index (χ1n) is 9.63. The highest BCUT2D eigenvalue weighted by Gasteiger charge is 2.31. The molecular weight excluding hydrogens is 443 g/mol. The third-order valence-electron chi connectivity index (χ3n) is 4.65. The number of benzene rings is 2. The van der Waals surface area contributed by atoms with Gasteiger partial charge in [-0.25, -0.2) is 4.79 Å². The first kappa shape index (κ1) is 23.6. The maximum absolute atomic E-state index is 12.8. The highest BCUT2D eigenvalue weighted by molar-refractivity contribution is 8.00. The predicted octanol–water partition coefficient (Wildman–Crippen LogP) is 5.39. The molecule has 0 spiro atoms. The Morgan fingerprint density at radius 3 is 2.31 bits per heavy atom. The molecule has 3 aromatic rings. The lowest BCUT2D eigenvalue weighted by atomic mass is 10.1. The molecule has 0 aliphatic rings. The summed E-state index contributed by atoms with van der Waals surface area (Å²) in [5, 5.41) is 17.7. The standard InChI is InChI=1S/C22H22F3N3O3S/c1-13-11-17(9-10-18(13)31-12-19(29)30)32-21(3,4)20-14(2)26-28(27-20)16-7-5-15(6-8-16)22(23,24)25/h5-11H,12H2,1-4H3,(H,29,30). The van der Waals surface area contributed by atoms with Gasteiger partial charge in [-0.2, -0.15) is 28.2 Å². The molecule has 0 unspecified atom stereocenters. The molecule has 0 radical (unpaired) electrons. The minimum absolute atomic E-state index is 0.412. The van der Waals surface area contributed by atoms with E-state index in [1.807, 2.05) is 32.9 Å². The quantitative estimate of drug-likeness (QED) is 0.471. The third-order valence-corrected chi connectivity index (χ3v) is 5.84. The van der Waals surface area contributed by atoms with Crippen LogP contribution in [0.5, 0.6) is 5.75 Å². The van der Waals surface area contributed by atoms with Crippen LogP contribution in [-0.4, -0.2) is 32.7 Å². The minimum Gasteiger partial charge on any atom is -0.482 e. The molecule has 10 heteroatoms. The van der Waals surface area contributed by atoms with Crippen molar-refractivity contribution in [1.82, 2.24) is 15.0 Å². The smallest absolute Gasteiger partial charge is 0.416 e. The Kier molecular flexibility index (Phi) is 6.54. The zero-order chi connectivity index (χ0) is 23.7. The zero-order valence-corrected chi connectivity index (χ0v) is 18.7. The Balaban J connectivity index is 1.81. The maximum atomic E-state index is 12.8. The Hall–Kier alpha value is -3.01. The van der Waals surface area contributed by atoms with Gasteiger partial charge in [-0.05, 0) is 75.7 Å². The van der Waals surface area contributed by atoms with E-state index in [0.29, 0.717) is 22.8 Å². The van der Waals surface area contributed by atoms with Crippen LogP contribution in [0.3, 0.4) is 0 Å². The van der Waals surface area contributed by atoms with Crippen LogP contribution in [0.25, 0.3) is 5.69 Å². The zero-order valence-electron chi connectivity index (χ0n) is 17.9. The van der Waals surface area contributed by atoms with Crippen LogP contribution >= 0.6 is 11.8 Å². The molecule has 0 aliphatic carbocycles. The molecule has 0 amide bonds. The van der Waals surface area contributed by atoms with Gasteiger partial charge >= 0.3 is 12.1 Å². The van der Waals surface area contributed by atoms with E-state index in [0.717, 1.165) is 22.6 Å². The Morgan fingerprint density at radius 2 is 1.75 bits per heavy atom. The SMILES string of the molecule is Cc1cc(SC(C)(C)c2nn(-c3ccc(C(F)(F)F)cc3)nc2C)ccc1OCC(=O)O. The third kappa shape index (κ3) is 5.42. The maximum Gasteiger partial charge on any atom is 0.416 e. The molecular formula is C22H22F3N3O3S. The number of aromatic nitrogens is 3. The summed E-state index contributed by atoms with van der Waals surface area (Å²) in [5.41, 5.74) is 1.88. The number of carboxylic acids is 1. The number of hydrogen-bond acceptors (Lipinski definition) is 5. The molecule has 1 N–H and O–H groups in total. The van der Waals surface area contributed by atoms with Crippen molar-refractivity contribution < 1.29 is 27.8 Å². The highest BCUT2D eigenvalue weighted by Crippen LogP contribution is 2.42. The van der Waals surface area contributed by atoms with E-state index in [2.05, 4.69) is 10.2 Å². The fourth-order valence-electron chi connectivity index (χ4n) is 3.16. The number of halogens is 3. The summed E-state index contributed by atoms with van der Waals surface area (Å²) in [6.07, 6.45) is -4.40. The van der Waals surface area contributed by atoms with Crippen molar-refractivity contribution in [2.75, 3.05) is 6.61 Å². The largest absolute Gasteiger partial charge is 0.482 e. The van der Waals surface area contributed by atoms with E-state index in [-0.39, 0.29) is 0 Å². The number of thioether (sulfide) groups is 1.